The molecule has 1 atom stereocenters. The largest absolute Gasteiger partial charge is 0.342 e. The number of rotatable bonds is 5. The van der Waals surface area contributed by atoms with Crippen LogP contribution in [0.5, 0.6) is 0 Å². The minimum absolute atomic E-state index is 0.248. The van der Waals surface area contributed by atoms with Crippen molar-refractivity contribution in [3.8, 4) is 22.5 Å². The fourth-order valence-electron chi connectivity index (χ4n) is 4.85. The molecule has 2 aliphatic rings. The number of carbonyl (C=O) groups excluding carboxylic acids is 1. The van der Waals surface area contributed by atoms with Crippen molar-refractivity contribution in [2.75, 3.05) is 13.1 Å². The number of hydrogen-bond donors (Lipinski definition) is 0. The highest BCUT2D eigenvalue weighted by Gasteiger charge is 2.37. The molecule has 178 valence electrons. The van der Waals surface area contributed by atoms with Crippen molar-refractivity contribution in [1.29, 1.82) is 0 Å². The van der Waals surface area contributed by atoms with Crippen molar-refractivity contribution in [1.82, 2.24) is 24.4 Å². The number of halogens is 3. The second kappa shape index (κ2) is 9.08. The van der Waals surface area contributed by atoms with Gasteiger partial charge in [-0.1, -0.05) is 65.1 Å². The minimum Gasteiger partial charge on any atom is -0.342 e. The van der Waals surface area contributed by atoms with Crippen molar-refractivity contribution in [2.24, 2.45) is 11.8 Å². The lowest BCUT2D eigenvalue weighted by Gasteiger charge is -2.17. The highest BCUT2D eigenvalue weighted by molar-refractivity contribution is 6.36. The van der Waals surface area contributed by atoms with E-state index in [0.29, 0.717) is 44.7 Å². The van der Waals surface area contributed by atoms with Crippen molar-refractivity contribution in [3.63, 3.8) is 0 Å². The SMILES string of the molecule is O=C(C1CC1)N1CC[C@@H](Cn2c(-c3ccc(-c4ccc(Cl)cc4Cl)cc3)nc3c(Cl)ncnc32)C1. The maximum absolute atomic E-state index is 12.5. The van der Waals surface area contributed by atoms with Crippen molar-refractivity contribution >= 4 is 51.9 Å². The van der Waals surface area contributed by atoms with Crippen LogP contribution in [0.3, 0.4) is 0 Å². The van der Waals surface area contributed by atoms with Crippen LogP contribution in [-0.2, 0) is 11.3 Å². The van der Waals surface area contributed by atoms with Gasteiger partial charge >= 0.3 is 0 Å². The smallest absolute Gasteiger partial charge is 0.225 e. The summed E-state index contributed by atoms with van der Waals surface area (Å²) in [5.74, 6) is 1.67. The third-order valence-electron chi connectivity index (χ3n) is 6.84. The lowest BCUT2D eigenvalue weighted by molar-refractivity contribution is -0.131. The van der Waals surface area contributed by atoms with Crippen molar-refractivity contribution in [2.45, 2.75) is 25.8 Å². The topological polar surface area (TPSA) is 63.9 Å². The Bertz CT molecular complexity index is 1430. The molecular formula is C26H22Cl3N5O. The molecule has 0 bridgehead atoms. The van der Waals surface area contributed by atoms with Gasteiger partial charge in [0, 0.05) is 46.7 Å². The Morgan fingerprint density at radius 3 is 2.49 bits per heavy atom. The quantitative estimate of drug-likeness (QED) is 0.283. The molecule has 1 aliphatic carbocycles. The molecule has 0 radical (unpaired) electrons. The fraction of sp³-hybridized carbons (Fsp3) is 0.308. The summed E-state index contributed by atoms with van der Waals surface area (Å²) >= 11 is 18.8. The number of carbonyl (C=O) groups is 1. The number of aromatic nitrogens is 4. The molecule has 0 N–H and O–H groups in total. The Balaban J connectivity index is 1.33. The first-order valence-corrected chi connectivity index (χ1v) is 12.8. The van der Waals surface area contributed by atoms with E-state index in [1.54, 1.807) is 6.07 Å². The molecule has 0 unspecified atom stereocenters. The highest BCUT2D eigenvalue weighted by atomic mass is 35.5. The van der Waals surface area contributed by atoms with E-state index in [9.17, 15) is 4.79 Å². The molecule has 9 heteroatoms. The average Bonchev–Trinajstić information content (AvgIpc) is 3.49. The van der Waals surface area contributed by atoms with E-state index >= 15 is 0 Å². The predicted molar refractivity (Wildman–Crippen MR) is 139 cm³/mol. The van der Waals surface area contributed by atoms with E-state index in [0.717, 1.165) is 54.9 Å². The van der Waals surface area contributed by atoms with E-state index in [4.69, 9.17) is 39.8 Å². The first-order valence-electron chi connectivity index (χ1n) is 11.7. The molecule has 6 rings (SSSR count). The fourth-order valence-corrected chi connectivity index (χ4v) is 5.54. The maximum Gasteiger partial charge on any atom is 0.225 e. The summed E-state index contributed by atoms with van der Waals surface area (Å²) in [7, 11) is 0. The van der Waals surface area contributed by atoms with Gasteiger partial charge in [-0.05, 0) is 42.9 Å². The first kappa shape index (κ1) is 22.8. The number of imidazole rings is 1. The molecule has 1 amide bonds. The van der Waals surface area contributed by atoms with Crippen LogP contribution in [0.2, 0.25) is 15.2 Å². The molecule has 3 heterocycles. The molecule has 4 aromatic rings. The second-order valence-electron chi connectivity index (χ2n) is 9.30. The summed E-state index contributed by atoms with van der Waals surface area (Å²) in [6.45, 7) is 2.29. The number of likely N-dealkylation sites (tertiary alicyclic amines) is 1. The van der Waals surface area contributed by atoms with Gasteiger partial charge in [0.25, 0.3) is 0 Å². The zero-order valence-corrected chi connectivity index (χ0v) is 21.1. The van der Waals surface area contributed by atoms with E-state index < -0.39 is 0 Å². The summed E-state index contributed by atoms with van der Waals surface area (Å²) in [4.78, 5) is 28.0. The summed E-state index contributed by atoms with van der Waals surface area (Å²) in [6, 6.07) is 13.6. The Labute approximate surface area is 217 Å². The van der Waals surface area contributed by atoms with Gasteiger partial charge in [-0.3, -0.25) is 4.79 Å². The summed E-state index contributed by atoms with van der Waals surface area (Å²) in [5.41, 5.74) is 4.13. The third-order valence-corrected chi connectivity index (χ3v) is 7.66. The molecule has 1 saturated carbocycles. The Morgan fingerprint density at radius 1 is 0.971 bits per heavy atom. The van der Waals surface area contributed by atoms with Gasteiger partial charge < -0.3 is 9.47 Å². The molecular weight excluding hydrogens is 505 g/mol. The third kappa shape index (κ3) is 4.39. The number of benzene rings is 2. The van der Waals surface area contributed by atoms with Crippen LogP contribution in [0.4, 0.5) is 0 Å². The van der Waals surface area contributed by atoms with Crippen LogP contribution in [-0.4, -0.2) is 43.4 Å². The lowest BCUT2D eigenvalue weighted by Crippen LogP contribution is -2.30. The van der Waals surface area contributed by atoms with Gasteiger partial charge in [0.15, 0.2) is 10.8 Å². The second-order valence-corrected chi connectivity index (χ2v) is 10.5. The summed E-state index contributed by atoms with van der Waals surface area (Å²) in [6.07, 6.45) is 4.49. The molecule has 2 fully saturated rings. The highest BCUT2D eigenvalue weighted by Crippen LogP contribution is 2.35. The molecule has 35 heavy (non-hydrogen) atoms. The van der Waals surface area contributed by atoms with Crippen LogP contribution < -0.4 is 0 Å². The lowest BCUT2D eigenvalue weighted by atomic mass is 10.0. The van der Waals surface area contributed by atoms with E-state index in [2.05, 4.69) is 14.5 Å². The van der Waals surface area contributed by atoms with Crippen LogP contribution in [0.25, 0.3) is 33.7 Å². The summed E-state index contributed by atoms with van der Waals surface area (Å²) < 4.78 is 2.11. The van der Waals surface area contributed by atoms with Gasteiger partial charge in [-0.25, -0.2) is 15.0 Å². The zero-order valence-electron chi connectivity index (χ0n) is 18.8. The standard InChI is InChI=1S/C26H22Cl3N5O/c27-19-7-8-20(21(28)11-19)16-1-3-17(4-2-16)24-32-22-23(29)30-14-31-25(22)34(24)13-15-9-10-33(12-15)26(35)18-5-6-18/h1-4,7-8,11,14-15,18H,5-6,9-10,12-13H2/t15-/m1/s1. The monoisotopic (exact) mass is 525 g/mol. The number of fused-ring (bicyclic) bond motifs is 1. The summed E-state index contributed by atoms with van der Waals surface area (Å²) in [5, 5.41) is 1.54. The number of nitrogens with zero attached hydrogens (tertiary/aromatic N) is 5. The van der Waals surface area contributed by atoms with E-state index in [-0.39, 0.29) is 5.92 Å². The number of amides is 1. The molecule has 1 aliphatic heterocycles. The van der Waals surface area contributed by atoms with Gasteiger partial charge in [-0.15, -0.1) is 0 Å². The van der Waals surface area contributed by atoms with Crippen LogP contribution in [0, 0.1) is 11.8 Å². The molecule has 2 aromatic heterocycles. The van der Waals surface area contributed by atoms with Gasteiger partial charge in [0.05, 0.1) is 0 Å². The Kier molecular flexibility index (Phi) is 5.91. The van der Waals surface area contributed by atoms with Gasteiger partial charge in [0.1, 0.15) is 17.7 Å². The molecule has 6 nitrogen and oxygen atoms in total. The van der Waals surface area contributed by atoms with Gasteiger partial charge in [0.2, 0.25) is 5.91 Å². The Hall–Kier alpha value is -2.67. The van der Waals surface area contributed by atoms with Gasteiger partial charge in [-0.2, -0.15) is 0 Å². The Morgan fingerprint density at radius 2 is 1.74 bits per heavy atom. The van der Waals surface area contributed by atoms with Crippen molar-refractivity contribution in [3.05, 3.63) is 64.0 Å². The van der Waals surface area contributed by atoms with Crippen molar-refractivity contribution < 1.29 is 4.79 Å². The molecule has 2 aromatic carbocycles. The zero-order chi connectivity index (χ0) is 24.1. The van der Waals surface area contributed by atoms with Crippen LogP contribution >= 0.6 is 34.8 Å². The van der Waals surface area contributed by atoms with Crippen LogP contribution in [0.1, 0.15) is 19.3 Å². The first-order chi connectivity index (χ1) is 17.0. The predicted octanol–water partition coefficient (Wildman–Crippen LogP) is 6.38. The normalized spacial score (nSPS) is 17.9. The van der Waals surface area contributed by atoms with E-state index in [1.165, 1.54) is 6.33 Å². The maximum atomic E-state index is 12.5. The average molecular weight is 527 g/mol. The minimum atomic E-state index is 0.248. The molecule has 1 saturated heterocycles. The van der Waals surface area contributed by atoms with E-state index in [1.807, 2.05) is 41.3 Å². The van der Waals surface area contributed by atoms with Crippen LogP contribution in [0.15, 0.2) is 48.8 Å². The number of hydrogen-bond acceptors (Lipinski definition) is 4. The molecule has 0 spiro atoms.